The Labute approximate surface area is 90.6 Å². The predicted molar refractivity (Wildman–Crippen MR) is 65.7 cm³/mol. The lowest BCUT2D eigenvalue weighted by Crippen LogP contribution is -2.14. The highest BCUT2D eigenvalue weighted by Crippen LogP contribution is 2.04. The van der Waals surface area contributed by atoms with E-state index in [2.05, 4.69) is 16.5 Å². The van der Waals surface area contributed by atoms with Crippen LogP contribution in [0.15, 0.2) is 17.4 Å². The molecule has 0 saturated heterocycles. The molecule has 15 heavy (non-hydrogen) atoms. The van der Waals surface area contributed by atoms with Gasteiger partial charge in [0.2, 0.25) is 0 Å². The Kier molecular flexibility index (Phi) is 6.02. The van der Waals surface area contributed by atoms with Crippen molar-refractivity contribution in [3.63, 3.8) is 0 Å². The van der Waals surface area contributed by atoms with Crippen LogP contribution in [0.2, 0.25) is 0 Å². The smallest absolute Gasteiger partial charge is 0.258 e. The second-order valence-electron chi connectivity index (χ2n) is 2.65. The maximum Gasteiger partial charge on any atom is 0.258 e. The van der Waals surface area contributed by atoms with Gasteiger partial charge < -0.3 is 4.98 Å². The first-order valence-electron chi connectivity index (χ1n) is 5.05. The van der Waals surface area contributed by atoms with E-state index in [-0.39, 0.29) is 5.56 Å². The van der Waals surface area contributed by atoms with Gasteiger partial charge in [-0.05, 0) is 19.9 Å². The van der Waals surface area contributed by atoms with Gasteiger partial charge in [0.25, 0.3) is 5.56 Å². The summed E-state index contributed by atoms with van der Waals surface area (Å²) in [6.07, 6.45) is 5.15. The van der Waals surface area contributed by atoms with Crippen molar-refractivity contribution in [3.8, 4) is 0 Å². The Balaban J connectivity index is 0.000000921. The van der Waals surface area contributed by atoms with Crippen LogP contribution in [0.25, 0.3) is 12.2 Å². The largest absolute Gasteiger partial charge is 0.310 e. The Morgan fingerprint density at radius 3 is 2.47 bits per heavy atom. The van der Waals surface area contributed by atoms with Crippen LogP contribution in [0, 0.1) is 6.92 Å². The van der Waals surface area contributed by atoms with Crippen LogP contribution in [0.1, 0.15) is 37.9 Å². The number of rotatable bonds is 2. The van der Waals surface area contributed by atoms with E-state index in [4.69, 9.17) is 0 Å². The first-order valence-corrected chi connectivity index (χ1v) is 5.05. The normalized spacial score (nSPS) is 9.60. The maximum atomic E-state index is 11.4. The fourth-order valence-electron chi connectivity index (χ4n) is 1.10. The molecular weight excluding hydrogens is 188 g/mol. The molecule has 1 rings (SSSR count). The Morgan fingerprint density at radius 1 is 1.40 bits per heavy atom. The summed E-state index contributed by atoms with van der Waals surface area (Å²) in [5, 5.41) is 0. The number of H-pyrrole nitrogens is 1. The second-order valence-corrected chi connectivity index (χ2v) is 2.65. The summed E-state index contributed by atoms with van der Waals surface area (Å²) in [5.41, 5.74) is 1.04. The van der Waals surface area contributed by atoms with E-state index in [1.165, 1.54) is 6.08 Å². The summed E-state index contributed by atoms with van der Waals surface area (Å²) in [5.74, 6) is 0.615. The van der Waals surface area contributed by atoms with Crippen LogP contribution in [-0.4, -0.2) is 9.97 Å². The highest BCUT2D eigenvalue weighted by atomic mass is 16.1. The third kappa shape index (κ3) is 3.54. The van der Waals surface area contributed by atoms with E-state index in [1.54, 1.807) is 13.0 Å². The quantitative estimate of drug-likeness (QED) is 0.808. The number of nitrogens with zero attached hydrogens (tertiary/aromatic N) is 1. The van der Waals surface area contributed by atoms with Crippen LogP contribution in [0.4, 0.5) is 0 Å². The molecule has 0 aliphatic heterocycles. The molecule has 1 aromatic heterocycles. The lowest BCUT2D eigenvalue weighted by molar-refractivity contribution is 1.00. The van der Waals surface area contributed by atoms with Gasteiger partial charge in [0.15, 0.2) is 0 Å². The zero-order chi connectivity index (χ0) is 11.8. The summed E-state index contributed by atoms with van der Waals surface area (Å²) in [4.78, 5) is 18.2. The molecule has 0 atom stereocenters. The fourth-order valence-corrected chi connectivity index (χ4v) is 1.10. The standard InChI is InChI=1S/C10H12N2O.C2H6/c1-4-6-9-8(5-2)10(13)12-7(3)11-9;1-2/h4-6H,2H2,1,3H3,(H,11,12,13);1-2H3/b6-4-;. The van der Waals surface area contributed by atoms with Crippen LogP contribution in [-0.2, 0) is 0 Å². The molecule has 3 nitrogen and oxygen atoms in total. The third-order valence-corrected chi connectivity index (χ3v) is 1.63. The molecule has 0 aromatic carbocycles. The molecule has 82 valence electrons. The molecule has 0 saturated carbocycles. The van der Waals surface area contributed by atoms with Crippen molar-refractivity contribution in [2.24, 2.45) is 0 Å². The fraction of sp³-hybridized carbons (Fsp3) is 0.333. The highest BCUT2D eigenvalue weighted by Gasteiger charge is 2.02. The number of hydrogen-bond acceptors (Lipinski definition) is 2. The minimum absolute atomic E-state index is 0.143. The van der Waals surface area contributed by atoms with Crippen molar-refractivity contribution in [1.82, 2.24) is 9.97 Å². The lowest BCUT2D eigenvalue weighted by Gasteiger charge is -1.99. The monoisotopic (exact) mass is 206 g/mol. The molecule has 0 fully saturated rings. The first kappa shape index (κ1) is 13.4. The van der Waals surface area contributed by atoms with Crippen LogP contribution >= 0.6 is 0 Å². The topological polar surface area (TPSA) is 45.8 Å². The van der Waals surface area contributed by atoms with Gasteiger partial charge in [0.05, 0.1) is 11.3 Å². The lowest BCUT2D eigenvalue weighted by atomic mass is 10.2. The summed E-state index contributed by atoms with van der Waals surface area (Å²) < 4.78 is 0. The molecule has 1 heterocycles. The van der Waals surface area contributed by atoms with E-state index < -0.39 is 0 Å². The van der Waals surface area contributed by atoms with Crippen molar-refractivity contribution in [3.05, 3.63) is 40.1 Å². The molecule has 0 aliphatic carbocycles. The van der Waals surface area contributed by atoms with E-state index in [0.29, 0.717) is 17.1 Å². The number of aryl methyl sites for hydroxylation is 1. The Hall–Kier alpha value is -1.64. The number of aromatic amines is 1. The average molecular weight is 206 g/mol. The van der Waals surface area contributed by atoms with Gasteiger partial charge in [0, 0.05) is 0 Å². The van der Waals surface area contributed by atoms with Gasteiger partial charge in [-0.15, -0.1) is 0 Å². The van der Waals surface area contributed by atoms with Crippen LogP contribution < -0.4 is 5.56 Å². The van der Waals surface area contributed by atoms with Crippen LogP contribution in [0.3, 0.4) is 0 Å². The van der Waals surface area contributed by atoms with Gasteiger partial charge >= 0.3 is 0 Å². The minimum Gasteiger partial charge on any atom is -0.310 e. The van der Waals surface area contributed by atoms with Crippen LogP contribution in [0.5, 0.6) is 0 Å². The predicted octanol–water partition coefficient (Wildman–Crippen LogP) is 2.78. The highest BCUT2D eigenvalue weighted by molar-refractivity contribution is 5.60. The maximum absolute atomic E-state index is 11.4. The van der Waals surface area contributed by atoms with E-state index in [0.717, 1.165) is 0 Å². The zero-order valence-corrected chi connectivity index (χ0v) is 9.79. The molecule has 0 bridgehead atoms. The second kappa shape index (κ2) is 6.76. The number of nitrogens with one attached hydrogen (secondary N) is 1. The van der Waals surface area contributed by atoms with E-state index >= 15 is 0 Å². The van der Waals surface area contributed by atoms with Gasteiger partial charge in [-0.25, -0.2) is 4.98 Å². The molecular formula is C12H18N2O. The number of allylic oxidation sites excluding steroid dienone is 1. The Bertz CT molecular complexity index is 403. The van der Waals surface area contributed by atoms with Crippen molar-refractivity contribution in [2.45, 2.75) is 27.7 Å². The molecule has 0 unspecified atom stereocenters. The minimum atomic E-state index is -0.143. The van der Waals surface area contributed by atoms with E-state index in [9.17, 15) is 4.79 Å². The summed E-state index contributed by atoms with van der Waals surface area (Å²) >= 11 is 0. The third-order valence-electron chi connectivity index (χ3n) is 1.63. The molecule has 1 N–H and O–H groups in total. The number of aromatic nitrogens is 2. The molecule has 0 radical (unpaired) electrons. The SMILES string of the molecule is C=Cc1c(/C=C\C)nc(C)[nH]c1=O.CC. The van der Waals surface area contributed by atoms with Gasteiger partial charge in [0.1, 0.15) is 5.82 Å². The summed E-state index contributed by atoms with van der Waals surface area (Å²) in [6.45, 7) is 11.2. The first-order chi connectivity index (χ1) is 7.19. The van der Waals surface area contributed by atoms with Crippen molar-refractivity contribution < 1.29 is 0 Å². The van der Waals surface area contributed by atoms with Crippen molar-refractivity contribution >= 4 is 12.2 Å². The van der Waals surface area contributed by atoms with Crippen molar-refractivity contribution in [1.29, 1.82) is 0 Å². The van der Waals surface area contributed by atoms with Gasteiger partial charge in [-0.2, -0.15) is 0 Å². The van der Waals surface area contributed by atoms with Gasteiger partial charge in [-0.1, -0.05) is 32.6 Å². The number of hydrogen-bond donors (Lipinski definition) is 1. The van der Waals surface area contributed by atoms with Crippen molar-refractivity contribution in [2.75, 3.05) is 0 Å². The zero-order valence-electron chi connectivity index (χ0n) is 9.79. The molecule has 0 amide bonds. The summed E-state index contributed by atoms with van der Waals surface area (Å²) in [6, 6.07) is 0. The molecule has 0 aliphatic rings. The average Bonchev–Trinajstić information content (AvgIpc) is 2.21. The molecule has 1 aromatic rings. The van der Waals surface area contributed by atoms with Gasteiger partial charge in [-0.3, -0.25) is 4.79 Å². The molecule has 0 spiro atoms. The Morgan fingerprint density at radius 2 is 2.00 bits per heavy atom. The van der Waals surface area contributed by atoms with E-state index in [1.807, 2.05) is 26.8 Å². The summed E-state index contributed by atoms with van der Waals surface area (Å²) in [7, 11) is 0. The molecule has 3 heteroatoms.